The van der Waals surface area contributed by atoms with E-state index in [1.807, 2.05) is 0 Å². The molecule has 2 nitrogen and oxygen atoms in total. The average molecular weight is 282 g/mol. The molecule has 0 saturated carbocycles. The number of rotatable bonds is 6. The van der Waals surface area contributed by atoms with E-state index in [-0.39, 0.29) is 0 Å². The van der Waals surface area contributed by atoms with Gasteiger partial charge in [0.15, 0.2) is 0 Å². The van der Waals surface area contributed by atoms with E-state index in [4.69, 9.17) is 0 Å². The molecule has 1 N–H and O–H groups in total. The van der Waals surface area contributed by atoms with Crippen LogP contribution in [-0.2, 0) is 6.42 Å². The molecule has 0 amide bonds. The first kappa shape index (κ1) is 15.6. The molecule has 0 aliphatic heterocycles. The normalized spacial score (nSPS) is 12.2. The van der Waals surface area contributed by atoms with Gasteiger partial charge in [0, 0.05) is 25.8 Å². The first-order valence-corrected chi connectivity index (χ1v) is 7.66. The van der Waals surface area contributed by atoms with E-state index in [1.165, 1.54) is 22.4 Å². The van der Waals surface area contributed by atoms with Crippen molar-refractivity contribution < 1.29 is 0 Å². The molecule has 1 atom stereocenters. The highest BCUT2D eigenvalue weighted by Crippen LogP contribution is 2.23. The zero-order chi connectivity index (χ0) is 15.2. The lowest BCUT2D eigenvalue weighted by Gasteiger charge is -2.21. The van der Waals surface area contributed by atoms with Crippen LogP contribution < -0.4 is 10.2 Å². The predicted molar refractivity (Wildman–Crippen MR) is 92.1 cm³/mol. The van der Waals surface area contributed by atoms with Gasteiger partial charge in [-0.3, -0.25) is 0 Å². The lowest BCUT2D eigenvalue weighted by molar-refractivity contribution is 0.550. The van der Waals surface area contributed by atoms with Crippen LogP contribution in [0.5, 0.6) is 0 Å². The van der Waals surface area contributed by atoms with Crippen molar-refractivity contribution >= 4 is 5.69 Å². The monoisotopic (exact) mass is 282 g/mol. The van der Waals surface area contributed by atoms with Gasteiger partial charge in [0.25, 0.3) is 0 Å². The van der Waals surface area contributed by atoms with Gasteiger partial charge in [0.2, 0.25) is 0 Å². The van der Waals surface area contributed by atoms with Crippen LogP contribution in [0.4, 0.5) is 5.69 Å². The summed E-state index contributed by atoms with van der Waals surface area (Å²) in [6.07, 6.45) is 1.02. The molecular weight excluding hydrogens is 256 g/mol. The lowest BCUT2D eigenvalue weighted by atomic mass is 9.97. The maximum Gasteiger partial charge on any atom is 0.0364 e. The van der Waals surface area contributed by atoms with Crippen LogP contribution in [0.2, 0.25) is 0 Å². The summed E-state index contributed by atoms with van der Waals surface area (Å²) >= 11 is 0. The third-order valence-corrected chi connectivity index (χ3v) is 3.80. The fourth-order valence-electron chi connectivity index (χ4n) is 2.53. The Morgan fingerprint density at radius 2 is 1.76 bits per heavy atom. The molecule has 0 radical (unpaired) electrons. The summed E-state index contributed by atoms with van der Waals surface area (Å²) in [7, 11) is 4.17. The van der Waals surface area contributed by atoms with E-state index in [2.05, 4.69) is 86.7 Å². The second-order valence-corrected chi connectivity index (χ2v) is 5.79. The van der Waals surface area contributed by atoms with Crippen LogP contribution in [0.15, 0.2) is 48.5 Å². The van der Waals surface area contributed by atoms with Gasteiger partial charge in [-0.1, -0.05) is 48.9 Å². The van der Waals surface area contributed by atoms with Crippen LogP contribution in [0.1, 0.15) is 29.7 Å². The highest BCUT2D eigenvalue weighted by Gasteiger charge is 2.12. The molecule has 0 spiro atoms. The minimum atomic E-state index is 0.359. The third kappa shape index (κ3) is 4.33. The molecule has 0 bridgehead atoms. The summed E-state index contributed by atoms with van der Waals surface area (Å²) in [5.74, 6) is 0. The quantitative estimate of drug-likeness (QED) is 0.863. The average Bonchev–Trinajstić information content (AvgIpc) is 2.49. The molecular formula is C19H26N2. The maximum absolute atomic E-state index is 3.61. The number of anilines is 1. The summed E-state index contributed by atoms with van der Waals surface area (Å²) in [6.45, 7) is 5.27. The number of hydrogen-bond acceptors (Lipinski definition) is 2. The van der Waals surface area contributed by atoms with Gasteiger partial charge in [-0.2, -0.15) is 0 Å². The highest BCUT2D eigenvalue weighted by molar-refractivity contribution is 5.48. The standard InChI is InChI=1S/C19H26N2/c1-5-20-19(13-16-11-9-15(2)10-12-16)17-7-6-8-18(14-17)21(3)4/h6-12,14,19-20H,5,13H2,1-4H3. The largest absolute Gasteiger partial charge is 0.378 e. The summed E-state index contributed by atoms with van der Waals surface area (Å²) in [5.41, 5.74) is 5.29. The number of aryl methyl sites for hydroxylation is 1. The molecule has 0 aliphatic carbocycles. The van der Waals surface area contributed by atoms with Crippen LogP contribution in [-0.4, -0.2) is 20.6 Å². The maximum atomic E-state index is 3.61. The van der Waals surface area contributed by atoms with Crippen LogP contribution in [0, 0.1) is 6.92 Å². The molecule has 21 heavy (non-hydrogen) atoms. The van der Waals surface area contributed by atoms with Crippen molar-refractivity contribution in [3.05, 3.63) is 65.2 Å². The fraction of sp³-hybridized carbons (Fsp3) is 0.368. The molecule has 2 rings (SSSR count). The Morgan fingerprint density at radius 3 is 2.38 bits per heavy atom. The summed E-state index contributed by atoms with van der Waals surface area (Å²) in [4.78, 5) is 2.15. The summed E-state index contributed by atoms with van der Waals surface area (Å²) in [5, 5.41) is 3.61. The number of nitrogens with one attached hydrogen (secondary N) is 1. The van der Waals surface area contributed by atoms with Crippen molar-refractivity contribution in [1.29, 1.82) is 0 Å². The third-order valence-electron chi connectivity index (χ3n) is 3.80. The predicted octanol–water partition coefficient (Wildman–Crippen LogP) is 3.95. The van der Waals surface area contributed by atoms with Gasteiger partial charge in [0.1, 0.15) is 0 Å². The molecule has 0 aromatic heterocycles. The number of hydrogen-bond donors (Lipinski definition) is 1. The lowest BCUT2D eigenvalue weighted by Crippen LogP contribution is -2.23. The Morgan fingerprint density at radius 1 is 1.05 bits per heavy atom. The molecule has 2 aromatic carbocycles. The fourth-order valence-corrected chi connectivity index (χ4v) is 2.53. The molecule has 0 fully saturated rings. The molecule has 0 aliphatic rings. The highest BCUT2D eigenvalue weighted by atomic mass is 15.1. The molecule has 0 saturated heterocycles. The Bertz CT molecular complexity index is 558. The first-order valence-electron chi connectivity index (χ1n) is 7.66. The number of likely N-dealkylation sites (N-methyl/N-ethyl adjacent to an activating group) is 1. The Kier molecular flexibility index (Phi) is 5.40. The molecule has 1 unspecified atom stereocenters. The van der Waals surface area contributed by atoms with Crippen LogP contribution in [0.25, 0.3) is 0 Å². The Balaban J connectivity index is 2.21. The SMILES string of the molecule is CCNC(Cc1ccc(C)cc1)c1cccc(N(C)C)c1. The smallest absolute Gasteiger partial charge is 0.0364 e. The van der Waals surface area contributed by atoms with Gasteiger partial charge < -0.3 is 10.2 Å². The zero-order valence-electron chi connectivity index (χ0n) is 13.6. The van der Waals surface area contributed by atoms with E-state index < -0.39 is 0 Å². The van der Waals surface area contributed by atoms with Crippen molar-refractivity contribution in [2.75, 3.05) is 25.5 Å². The van der Waals surface area contributed by atoms with Crippen molar-refractivity contribution in [2.45, 2.75) is 26.3 Å². The van der Waals surface area contributed by atoms with Crippen molar-refractivity contribution in [3.8, 4) is 0 Å². The second kappa shape index (κ2) is 7.28. The van der Waals surface area contributed by atoms with E-state index in [0.717, 1.165) is 13.0 Å². The summed E-state index contributed by atoms with van der Waals surface area (Å²) < 4.78 is 0. The first-order chi connectivity index (χ1) is 10.1. The molecule has 2 aromatic rings. The minimum absolute atomic E-state index is 0.359. The Labute approximate surface area is 128 Å². The Hall–Kier alpha value is -1.80. The van der Waals surface area contributed by atoms with E-state index in [9.17, 15) is 0 Å². The topological polar surface area (TPSA) is 15.3 Å². The molecule has 2 heteroatoms. The van der Waals surface area contributed by atoms with Crippen molar-refractivity contribution in [3.63, 3.8) is 0 Å². The van der Waals surface area contributed by atoms with Crippen molar-refractivity contribution in [2.24, 2.45) is 0 Å². The minimum Gasteiger partial charge on any atom is -0.378 e. The molecule has 0 heterocycles. The summed E-state index contributed by atoms with van der Waals surface area (Å²) in [6, 6.07) is 18.0. The van der Waals surface area contributed by atoms with Crippen molar-refractivity contribution in [1.82, 2.24) is 5.32 Å². The van der Waals surface area contributed by atoms with Crippen LogP contribution >= 0.6 is 0 Å². The van der Waals surface area contributed by atoms with E-state index in [0.29, 0.717) is 6.04 Å². The zero-order valence-corrected chi connectivity index (χ0v) is 13.6. The second-order valence-electron chi connectivity index (χ2n) is 5.79. The number of benzene rings is 2. The van der Waals surface area contributed by atoms with Gasteiger partial charge in [-0.05, 0) is 43.1 Å². The van der Waals surface area contributed by atoms with Gasteiger partial charge in [-0.25, -0.2) is 0 Å². The van der Waals surface area contributed by atoms with E-state index in [1.54, 1.807) is 0 Å². The molecule has 112 valence electrons. The van der Waals surface area contributed by atoms with Gasteiger partial charge in [-0.15, -0.1) is 0 Å². The van der Waals surface area contributed by atoms with Gasteiger partial charge in [0.05, 0.1) is 0 Å². The van der Waals surface area contributed by atoms with Gasteiger partial charge >= 0.3 is 0 Å². The number of nitrogens with zero attached hydrogens (tertiary/aromatic N) is 1. The van der Waals surface area contributed by atoms with E-state index >= 15 is 0 Å². The van der Waals surface area contributed by atoms with Crippen LogP contribution in [0.3, 0.4) is 0 Å².